The molecule has 0 aromatic rings. The second-order valence-electron chi connectivity index (χ2n) is 4.00. The fraction of sp³-hybridized carbons (Fsp3) is 0.800. The zero-order valence-electron chi connectivity index (χ0n) is 7.85. The van der Waals surface area contributed by atoms with E-state index in [1.807, 2.05) is 6.08 Å². The van der Waals surface area contributed by atoms with Gasteiger partial charge < -0.3 is 5.11 Å². The first kappa shape index (κ1) is 11.0. The molecule has 13 heavy (non-hydrogen) atoms. The maximum Gasteiger partial charge on any atom is 0.0570 e. The second kappa shape index (κ2) is 4.45. The lowest BCUT2D eigenvalue weighted by Gasteiger charge is -2.36. The summed E-state index contributed by atoms with van der Waals surface area (Å²) in [6.45, 7) is 4.77. The monoisotopic (exact) mass is 203 g/mol. The molecule has 0 radical (unpaired) electrons. The number of nitrogens with zero attached hydrogens (tertiary/aromatic N) is 1. The van der Waals surface area contributed by atoms with Gasteiger partial charge in [0.1, 0.15) is 0 Å². The molecular weight excluding hydrogens is 186 g/mol. The normalized spacial score (nSPS) is 38.4. The molecule has 0 amide bonds. The number of piperidine rings is 1. The number of hydrogen-bond acceptors (Lipinski definition) is 2. The van der Waals surface area contributed by atoms with Crippen LogP contribution in [-0.4, -0.2) is 34.7 Å². The molecule has 76 valence electrons. The first-order chi connectivity index (χ1) is 5.81. The van der Waals surface area contributed by atoms with Gasteiger partial charge in [-0.2, -0.15) is 0 Å². The van der Waals surface area contributed by atoms with Crippen LogP contribution >= 0.6 is 12.4 Å². The van der Waals surface area contributed by atoms with Crippen molar-refractivity contribution >= 4 is 12.4 Å². The molecule has 2 saturated heterocycles. The predicted molar refractivity (Wildman–Crippen MR) is 56.2 cm³/mol. The molecule has 0 aromatic heterocycles. The van der Waals surface area contributed by atoms with Crippen LogP contribution in [-0.2, 0) is 0 Å². The summed E-state index contributed by atoms with van der Waals surface area (Å²) in [6.07, 6.45) is 6.44. The fourth-order valence-electron chi connectivity index (χ4n) is 2.69. The largest absolute Gasteiger partial charge is 0.393 e. The van der Waals surface area contributed by atoms with Crippen molar-refractivity contribution in [1.82, 2.24) is 4.90 Å². The third-order valence-electron chi connectivity index (χ3n) is 3.20. The Hall–Kier alpha value is -0.0500. The third kappa shape index (κ3) is 2.06. The Morgan fingerprint density at radius 3 is 2.31 bits per heavy atom. The molecule has 2 fully saturated rings. The number of halogens is 1. The fourth-order valence-corrected chi connectivity index (χ4v) is 2.69. The van der Waals surface area contributed by atoms with Crippen molar-refractivity contribution < 1.29 is 5.11 Å². The molecule has 2 rings (SSSR count). The maximum atomic E-state index is 9.52. The number of aliphatic hydroxyl groups excluding tert-OH is 1. The molecule has 0 spiro atoms. The van der Waals surface area contributed by atoms with Gasteiger partial charge in [-0.25, -0.2) is 0 Å². The van der Waals surface area contributed by atoms with Gasteiger partial charge in [-0.3, -0.25) is 4.90 Å². The van der Waals surface area contributed by atoms with Crippen molar-refractivity contribution in [3.63, 3.8) is 0 Å². The van der Waals surface area contributed by atoms with E-state index in [1.165, 1.54) is 12.8 Å². The summed E-state index contributed by atoms with van der Waals surface area (Å²) < 4.78 is 0. The summed E-state index contributed by atoms with van der Waals surface area (Å²) in [5.41, 5.74) is 0. The number of aliphatic hydroxyl groups is 1. The van der Waals surface area contributed by atoms with E-state index in [4.69, 9.17) is 0 Å². The minimum absolute atomic E-state index is 0. The zero-order valence-corrected chi connectivity index (χ0v) is 8.67. The van der Waals surface area contributed by atoms with E-state index in [1.54, 1.807) is 0 Å². The summed E-state index contributed by atoms with van der Waals surface area (Å²) >= 11 is 0. The summed E-state index contributed by atoms with van der Waals surface area (Å²) in [7, 11) is 0. The summed E-state index contributed by atoms with van der Waals surface area (Å²) in [5, 5.41) is 9.52. The topological polar surface area (TPSA) is 23.5 Å². The van der Waals surface area contributed by atoms with Crippen LogP contribution in [0, 0.1) is 0 Å². The quantitative estimate of drug-likeness (QED) is 0.689. The van der Waals surface area contributed by atoms with Crippen LogP contribution < -0.4 is 0 Å². The summed E-state index contributed by atoms with van der Waals surface area (Å²) in [4.78, 5) is 2.50. The Balaban J connectivity index is 0.000000845. The molecule has 2 atom stereocenters. The molecule has 0 saturated carbocycles. The lowest BCUT2D eigenvalue weighted by Crippen LogP contribution is -2.44. The first-order valence-corrected chi connectivity index (χ1v) is 4.86. The lowest BCUT2D eigenvalue weighted by molar-refractivity contribution is 0.0422. The third-order valence-corrected chi connectivity index (χ3v) is 3.20. The zero-order chi connectivity index (χ0) is 8.55. The molecular formula is C10H18ClNO. The van der Waals surface area contributed by atoms with E-state index in [2.05, 4.69) is 11.5 Å². The minimum Gasteiger partial charge on any atom is -0.393 e. The highest BCUT2D eigenvalue weighted by Gasteiger charge is 2.39. The van der Waals surface area contributed by atoms with Gasteiger partial charge >= 0.3 is 0 Å². The van der Waals surface area contributed by atoms with Crippen LogP contribution in [0.2, 0.25) is 0 Å². The van der Waals surface area contributed by atoms with E-state index in [0.717, 1.165) is 19.4 Å². The highest BCUT2D eigenvalue weighted by Crippen LogP contribution is 2.35. The number of rotatable bonds is 2. The molecule has 2 heterocycles. The van der Waals surface area contributed by atoms with Gasteiger partial charge in [-0.1, -0.05) is 6.08 Å². The second-order valence-corrected chi connectivity index (χ2v) is 4.00. The number of hydrogen-bond donors (Lipinski definition) is 1. The first-order valence-electron chi connectivity index (χ1n) is 4.86. The molecule has 3 heteroatoms. The Labute approximate surface area is 86.0 Å². The van der Waals surface area contributed by atoms with Gasteiger partial charge in [0.25, 0.3) is 0 Å². The molecule has 2 unspecified atom stereocenters. The Kier molecular flexibility index (Phi) is 3.77. The standard InChI is InChI=1S/C10H17NO.ClH/c1-2-5-11-8-3-4-9(11)7-10(12)6-8;/h2,8-10,12H,1,3-7H2;1H. The van der Waals surface area contributed by atoms with Crippen molar-refractivity contribution in [3.8, 4) is 0 Å². The number of fused-ring (bicyclic) bond motifs is 2. The van der Waals surface area contributed by atoms with Gasteiger partial charge in [0.15, 0.2) is 0 Å². The van der Waals surface area contributed by atoms with Crippen LogP contribution in [0.25, 0.3) is 0 Å². The van der Waals surface area contributed by atoms with Crippen LogP contribution in [0.4, 0.5) is 0 Å². The summed E-state index contributed by atoms with van der Waals surface area (Å²) in [5.74, 6) is 0. The van der Waals surface area contributed by atoms with Crippen molar-refractivity contribution in [2.45, 2.75) is 43.9 Å². The van der Waals surface area contributed by atoms with Crippen LogP contribution in [0.1, 0.15) is 25.7 Å². The Morgan fingerprint density at radius 2 is 1.85 bits per heavy atom. The minimum atomic E-state index is -0.0384. The van der Waals surface area contributed by atoms with E-state index in [-0.39, 0.29) is 18.5 Å². The smallest absolute Gasteiger partial charge is 0.0570 e. The van der Waals surface area contributed by atoms with Crippen LogP contribution in [0.5, 0.6) is 0 Å². The van der Waals surface area contributed by atoms with E-state index >= 15 is 0 Å². The maximum absolute atomic E-state index is 9.52. The van der Waals surface area contributed by atoms with Gasteiger partial charge in [-0.15, -0.1) is 19.0 Å². The average molecular weight is 204 g/mol. The average Bonchev–Trinajstić information content (AvgIpc) is 2.32. The molecule has 2 aliphatic heterocycles. The molecule has 0 aliphatic carbocycles. The van der Waals surface area contributed by atoms with E-state index in [9.17, 15) is 5.11 Å². The SMILES string of the molecule is C=CCN1C2CCC1CC(O)C2.Cl. The van der Waals surface area contributed by atoms with Gasteiger partial charge in [0.2, 0.25) is 0 Å². The van der Waals surface area contributed by atoms with Gasteiger partial charge in [0.05, 0.1) is 6.10 Å². The summed E-state index contributed by atoms with van der Waals surface area (Å²) in [6, 6.07) is 1.27. The van der Waals surface area contributed by atoms with Crippen LogP contribution in [0.15, 0.2) is 12.7 Å². The van der Waals surface area contributed by atoms with Gasteiger partial charge in [0, 0.05) is 18.6 Å². The van der Waals surface area contributed by atoms with Crippen molar-refractivity contribution in [2.24, 2.45) is 0 Å². The Morgan fingerprint density at radius 1 is 1.31 bits per heavy atom. The highest BCUT2D eigenvalue weighted by atomic mass is 35.5. The van der Waals surface area contributed by atoms with Crippen molar-refractivity contribution in [3.05, 3.63) is 12.7 Å². The molecule has 2 bridgehead atoms. The molecule has 2 nitrogen and oxygen atoms in total. The lowest BCUT2D eigenvalue weighted by atomic mass is 10.00. The van der Waals surface area contributed by atoms with Crippen molar-refractivity contribution in [1.29, 1.82) is 0 Å². The highest BCUT2D eigenvalue weighted by molar-refractivity contribution is 5.85. The molecule has 2 aliphatic rings. The van der Waals surface area contributed by atoms with E-state index in [0.29, 0.717) is 12.1 Å². The predicted octanol–water partition coefficient (Wildman–Crippen LogP) is 1.58. The van der Waals surface area contributed by atoms with Crippen molar-refractivity contribution in [2.75, 3.05) is 6.54 Å². The van der Waals surface area contributed by atoms with E-state index < -0.39 is 0 Å². The molecule has 1 N–H and O–H groups in total. The van der Waals surface area contributed by atoms with Crippen LogP contribution in [0.3, 0.4) is 0 Å². The van der Waals surface area contributed by atoms with Gasteiger partial charge in [-0.05, 0) is 25.7 Å². The molecule has 0 aromatic carbocycles. The Bertz CT molecular complexity index is 172.